The van der Waals surface area contributed by atoms with Gasteiger partial charge in [0, 0.05) is 24.0 Å². The van der Waals surface area contributed by atoms with Crippen LogP contribution in [0.5, 0.6) is 5.88 Å². The summed E-state index contributed by atoms with van der Waals surface area (Å²) in [4.78, 5) is 22.1. The van der Waals surface area contributed by atoms with Gasteiger partial charge in [0.15, 0.2) is 6.40 Å². The van der Waals surface area contributed by atoms with E-state index in [4.69, 9.17) is 15.2 Å². The van der Waals surface area contributed by atoms with E-state index in [1.54, 1.807) is 23.4 Å². The number of carbonyl (C=O) groups is 1. The lowest BCUT2D eigenvalue weighted by molar-refractivity contribution is -0.115. The van der Waals surface area contributed by atoms with Crippen molar-refractivity contribution in [3.05, 3.63) is 90.6 Å². The minimum atomic E-state index is -0.537. The highest BCUT2D eigenvalue weighted by atomic mass is 16.5. The van der Waals surface area contributed by atoms with Gasteiger partial charge in [0.1, 0.15) is 18.4 Å². The quantitative estimate of drug-likeness (QED) is 0.773. The third-order valence-electron chi connectivity index (χ3n) is 4.72. The van der Waals surface area contributed by atoms with Crippen LogP contribution in [0, 0.1) is 0 Å². The number of allylic oxidation sites excluding steroid dienone is 4. The zero-order valence-electron chi connectivity index (χ0n) is 16.8. The number of nitrogens with zero attached hydrogens (tertiary/aromatic N) is 3. The van der Waals surface area contributed by atoms with Crippen molar-refractivity contribution >= 4 is 29.2 Å². The fourth-order valence-electron chi connectivity index (χ4n) is 3.28. The van der Waals surface area contributed by atoms with Crippen LogP contribution in [0.2, 0.25) is 0 Å². The number of fused-ring (bicyclic) bond motifs is 3. The van der Waals surface area contributed by atoms with Crippen molar-refractivity contribution in [2.24, 2.45) is 10.7 Å². The maximum Gasteiger partial charge on any atom is 0.265 e. The van der Waals surface area contributed by atoms with Gasteiger partial charge >= 0.3 is 0 Å². The van der Waals surface area contributed by atoms with Gasteiger partial charge in [-0.05, 0) is 35.2 Å². The molecule has 4 bridgehead atoms. The summed E-state index contributed by atoms with van der Waals surface area (Å²) < 4.78 is 11.4. The molecule has 1 amide bonds. The molecule has 7 heteroatoms. The van der Waals surface area contributed by atoms with Crippen molar-refractivity contribution in [3.8, 4) is 5.88 Å². The van der Waals surface area contributed by atoms with E-state index >= 15 is 0 Å². The Balaban J connectivity index is 1.69. The van der Waals surface area contributed by atoms with Crippen LogP contribution in [0.4, 0.5) is 0 Å². The summed E-state index contributed by atoms with van der Waals surface area (Å²) in [5, 5.41) is 1.92. The van der Waals surface area contributed by atoms with Crippen LogP contribution in [0.3, 0.4) is 0 Å². The molecule has 0 saturated heterocycles. The van der Waals surface area contributed by atoms with E-state index < -0.39 is 5.91 Å². The van der Waals surface area contributed by atoms with E-state index in [0.29, 0.717) is 24.7 Å². The molecule has 156 valence electrons. The molecule has 0 aliphatic carbocycles. The maximum atomic E-state index is 11.9. The van der Waals surface area contributed by atoms with Crippen LogP contribution < -0.4 is 10.5 Å². The van der Waals surface area contributed by atoms with Crippen LogP contribution in [0.25, 0.3) is 16.8 Å². The van der Waals surface area contributed by atoms with Gasteiger partial charge < -0.3 is 20.1 Å². The molecule has 0 saturated carbocycles. The molecule has 1 unspecified atom stereocenters. The number of carbonyl (C=O) groups excluding carboxylic acids is 1. The lowest BCUT2D eigenvalue weighted by Crippen LogP contribution is -2.27. The fourth-order valence-corrected chi connectivity index (χ4v) is 3.28. The van der Waals surface area contributed by atoms with E-state index in [1.165, 1.54) is 12.6 Å². The van der Waals surface area contributed by atoms with E-state index in [1.807, 2.05) is 60.7 Å². The van der Waals surface area contributed by atoms with Gasteiger partial charge in [-0.3, -0.25) is 4.79 Å². The molecule has 2 aliphatic rings. The average Bonchev–Trinajstić information content (AvgIpc) is 3.17. The number of amides is 1. The molecule has 2 N–H and O–H groups in total. The predicted molar refractivity (Wildman–Crippen MR) is 121 cm³/mol. The molecule has 1 aromatic heterocycles. The first-order valence-electron chi connectivity index (χ1n) is 9.84. The number of benzene rings is 1. The molecule has 4 rings (SSSR count). The summed E-state index contributed by atoms with van der Waals surface area (Å²) >= 11 is 0. The fraction of sp³-hybridized carbons (Fsp3) is 0.125. The second-order valence-electron chi connectivity index (χ2n) is 6.88. The lowest BCUT2D eigenvalue weighted by Gasteiger charge is -2.17. The Morgan fingerprint density at radius 3 is 2.97 bits per heavy atom. The molecule has 1 atom stereocenters. The zero-order valence-corrected chi connectivity index (χ0v) is 16.8. The summed E-state index contributed by atoms with van der Waals surface area (Å²) in [6.45, 7) is 0.814. The molecule has 2 aromatic rings. The second-order valence-corrected chi connectivity index (χ2v) is 6.88. The lowest BCUT2D eigenvalue weighted by atomic mass is 10.1. The van der Waals surface area contributed by atoms with Gasteiger partial charge in [-0.1, -0.05) is 42.5 Å². The monoisotopic (exact) mass is 414 g/mol. The largest absolute Gasteiger partial charge is 0.479 e. The van der Waals surface area contributed by atoms with Crippen molar-refractivity contribution < 1.29 is 14.3 Å². The first kappa shape index (κ1) is 20.2. The Morgan fingerprint density at radius 1 is 1.16 bits per heavy atom. The first-order valence-corrected chi connectivity index (χ1v) is 9.84. The molecular formula is C24H22N4O3. The van der Waals surface area contributed by atoms with Crippen LogP contribution in [-0.4, -0.2) is 41.4 Å². The molecular weight excluding hydrogens is 392 g/mol. The molecule has 0 fully saturated rings. The highest BCUT2D eigenvalue weighted by Gasteiger charge is 2.27. The smallest absolute Gasteiger partial charge is 0.265 e. The molecule has 0 radical (unpaired) electrons. The standard InChI is InChI=1S/C24H22N4O3/c25-23(29)22-15-20-16-28(22)12-11-26-17-30-13-5-3-1-2-4-6-18-7-8-19-9-10-27-24(31-20)21(19)14-18/h1-12,14-15,17,20H,13,16H2,(H2,25,29)/b2-1-,5-3+,6-4+,12-11-,26-17+. The number of aliphatic imine (C=N–C) groups is 1. The number of primary amides is 1. The summed E-state index contributed by atoms with van der Waals surface area (Å²) in [7, 11) is 0. The Hall–Kier alpha value is -4.13. The molecule has 0 spiro atoms. The van der Waals surface area contributed by atoms with Gasteiger partial charge in [-0.25, -0.2) is 9.98 Å². The van der Waals surface area contributed by atoms with Gasteiger partial charge in [-0.2, -0.15) is 0 Å². The zero-order chi connectivity index (χ0) is 21.5. The van der Waals surface area contributed by atoms with E-state index in [-0.39, 0.29) is 6.10 Å². The van der Waals surface area contributed by atoms with Crippen molar-refractivity contribution in [1.82, 2.24) is 9.88 Å². The van der Waals surface area contributed by atoms with Crippen LogP contribution in [-0.2, 0) is 9.53 Å². The Morgan fingerprint density at radius 2 is 2.06 bits per heavy atom. The van der Waals surface area contributed by atoms with Crippen molar-refractivity contribution in [1.29, 1.82) is 0 Å². The number of ether oxygens (including phenoxy) is 2. The molecule has 3 heterocycles. The number of hydrogen-bond acceptors (Lipinski definition) is 6. The van der Waals surface area contributed by atoms with Crippen molar-refractivity contribution in [2.45, 2.75) is 6.10 Å². The minimum Gasteiger partial charge on any atom is -0.479 e. The van der Waals surface area contributed by atoms with Gasteiger partial charge in [0.2, 0.25) is 5.88 Å². The normalized spacial score (nSPS) is 23.8. The van der Waals surface area contributed by atoms with E-state index in [9.17, 15) is 4.79 Å². The van der Waals surface area contributed by atoms with Crippen LogP contribution in [0.1, 0.15) is 5.56 Å². The van der Waals surface area contributed by atoms with E-state index in [2.05, 4.69) is 9.98 Å². The number of nitrogens with two attached hydrogens (primary N) is 1. The molecule has 1 aromatic carbocycles. The second kappa shape index (κ2) is 9.58. The van der Waals surface area contributed by atoms with Crippen molar-refractivity contribution in [3.63, 3.8) is 0 Å². The molecule has 2 aliphatic heterocycles. The summed E-state index contributed by atoms with van der Waals surface area (Å²) in [5.74, 6) is -0.0340. The first-order chi connectivity index (χ1) is 15.2. The van der Waals surface area contributed by atoms with Crippen LogP contribution in [0.15, 0.2) is 90.0 Å². The molecule has 7 nitrogen and oxygen atoms in total. The third kappa shape index (κ3) is 5.08. The van der Waals surface area contributed by atoms with E-state index in [0.717, 1.165) is 16.3 Å². The molecule has 31 heavy (non-hydrogen) atoms. The van der Waals surface area contributed by atoms with Crippen molar-refractivity contribution in [2.75, 3.05) is 13.2 Å². The van der Waals surface area contributed by atoms with Crippen LogP contribution >= 0.6 is 0 Å². The number of hydrogen-bond donors (Lipinski definition) is 1. The Kier molecular flexibility index (Phi) is 6.23. The maximum absolute atomic E-state index is 11.9. The Bertz CT molecular complexity index is 1140. The topological polar surface area (TPSA) is 90.0 Å². The predicted octanol–water partition coefficient (Wildman–Crippen LogP) is 3.32. The summed E-state index contributed by atoms with van der Waals surface area (Å²) in [5.41, 5.74) is 6.91. The third-order valence-corrected chi connectivity index (χ3v) is 4.72. The van der Waals surface area contributed by atoms with Gasteiger partial charge in [0.25, 0.3) is 5.91 Å². The highest BCUT2D eigenvalue weighted by molar-refractivity contribution is 5.92. The van der Waals surface area contributed by atoms with Gasteiger partial charge in [-0.15, -0.1) is 0 Å². The highest BCUT2D eigenvalue weighted by Crippen LogP contribution is 2.28. The van der Waals surface area contributed by atoms with Gasteiger partial charge in [0.05, 0.1) is 6.54 Å². The number of aromatic nitrogens is 1. The SMILES string of the molecule is NC(=O)C1=CC2CN1/C=C\N=C\OC/C=C/C=C\C=C\c1ccc3ccnc(c3c1)O2. The summed E-state index contributed by atoms with van der Waals surface area (Å²) in [6.07, 6.45) is 19.2. The average molecular weight is 414 g/mol. The number of rotatable bonds is 1. The Labute approximate surface area is 180 Å². The summed E-state index contributed by atoms with van der Waals surface area (Å²) in [6, 6.07) is 8.04. The minimum absolute atomic E-state index is 0.348. The number of pyridine rings is 1.